The van der Waals surface area contributed by atoms with Crippen molar-refractivity contribution in [1.29, 1.82) is 5.26 Å². The Labute approximate surface area is 215 Å². The molecular formula is C25H20F3N5O4S. The zero-order valence-electron chi connectivity index (χ0n) is 20.0. The van der Waals surface area contributed by atoms with Crippen LogP contribution < -0.4 is 10.0 Å². The number of ketones is 1. The third kappa shape index (κ3) is 4.59. The number of alkyl halides is 3. The van der Waals surface area contributed by atoms with Crippen LogP contribution in [-0.4, -0.2) is 29.9 Å². The van der Waals surface area contributed by atoms with E-state index < -0.39 is 44.3 Å². The normalized spacial score (nSPS) is 16.7. The number of benzene rings is 2. The van der Waals surface area contributed by atoms with E-state index >= 15 is 0 Å². The molecule has 1 aliphatic rings. The van der Waals surface area contributed by atoms with Crippen LogP contribution in [0, 0.1) is 17.2 Å². The SMILES string of the molecule is CCC1C(=O)C(c2c(S(N)(=O)=O)cnn2-c2ccc(C#N)cc2)=C(C)N(c2cccc(C(F)(F)F)c2)C1=O. The van der Waals surface area contributed by atoms with Crippen molar-refractivity contribution >= 4 is 33.0 Å². The summed E-state index contributed by atoms with van der Waals surface area (Å²) < 4.78 is 66.5. The van der Waals surface area contributed by atoms with Gasteiger partial charge in [-0.15, -0.1) is 0 Å². The molecule has 9 nitrogen and oxygen atoms in total. The zero-order chi connectivity index (χ0) is 28.0. The lowest BCUT2D eigenvalue weighted by Crippen LogP contribution is -2.44. The van der Waals surface area contributed by atoms with Gasteiger partial charge in [0.05, 0.1) is 40.3 Å². The quantitative estimate of drug-likeness (QED) is 0.486. The summed E-state index contributed by atoms with van der Waals surface area (Å²) in [7, 11) is -4.45. The largest absolute Gasteiger partial charge is 0.416 e. The average molecular weight is 544 g/mol. The van der Waals surface area contributed by atoms with E-state index in [2.05, 4.69) is 5.10 Å². The Bertz CT molecular complexity index is 1630. The van der Waals surface area contributed by atoms with Crippen LogP contribution in [0.1, 0.15) is 37.1 Å². The molecule has 3 aromatic rings. The summed E-state index contributed by atoms with van der Waals surface area (Å²) in [5.41, 5.74) is -1.14. The number of Topliss-reactive ketones (excluding diaryl/α,β-unsaturated/α-hetero) is 1. The molecule has 0 aliphatic carbocycles. The number of rotatable bonds is 5. The Balaban J connectivity index is 2.04. The smallest absolute Gasteiger partial charge is 0.293 e. The van der Waals surface area contributed by atoms with Gasteiger partial charge in [0.25, 0.3) is 0 Å². The third-order valence-electron chi connectivity index (χ3n) is 6.14. The molecule has 0 saturated heterocycles. The Morgan fingerprint density at radius 2 is 1.76 bits per heavy atom. The van der Waals surface area contributed by atoms with Crippen molar-refractivity contribution in [1.82, 2.24) is 9.78 Å². The topological polar surface area (TPSA) is 139 Å². The number of allylic oxidation sites excluding steroid dienone is 2. The summed E-state index contributed by atoms with van der Waals surface area (Å²) in [6, 6.07) is 11.8. The standard InChI is InChI=1S/C25H20F3N5O4S/c1-3-19-23(34)21(14(2)32(24(19)35)18-6-4-5-16(11-18)25(26,27)28)22-20(38(30,36)37)13-31-33(22)17-9-7-15(12-29)8-10-17/h4-11,13,19H,3H2,1-2H3,(H2,30,36,37). The van der Waals surface area contributed by atoms with E-state index in [9.17, 15) is 31.2 Å². The molecule has 2 heterocycles. The summed E-state index contributed by atoms with van der Waals surface area (Å²) in [6.07, 6.45) is -3.74. The molecule has 2 aromatic carbocycles. The lowest BCUT2D eigenvalue weighted by atomic mass is 9.86. The molecule has 13 heteroatoms. The number of nitrogens with zero attached hydrogens (tertiary/aromatic N) is 4. The molecule has 4 rings (SSSR count). The molecular weight excluding hydrogens is 523 g/mol. The van der Waals surface area contributed by atoms with Gasteiger partial charge in [-0.3, -0.25) is 14.5 Å². The highest BCUT2D eigenvalue weighted by Gasteiger charge is 2.43. The first-order valence-corrected chi connectivity index (χ1v) is 12.7. The van der Waals surface area contributed by atoms with Gasteiger partial charge in [-0.2, -0.15) is 23.5 Å². The van der Waals surface area contributed by atoms with Gasteiger partial charge in [0.1, 0.15) is 10.8 Å². The van der Waals surface area contributed by atoms with Gasteiger partial charge in [0.15, 0.2) is 5.78 Å². The van der Waals surface area contributed by atoms with E-state index in [4.69, 9.17) is 10.4 Å². The second-order valence-electron chi connectivity index (χ2n) is 8.48. The van der Waals surface area contributed by atoms with E-state index in [1.54, 1.807) is 6.92 Å². The van der Waals surface area contributed by atoms with Crippen LogP contribution in [-0.2, 0) is 25.8 Å². The fourth-order valence-electron chi connectivity index (χ4n) is 4.33. The van der Waals surface area contributed by atoms with Crippen molar-refractivity contribution in [2.24, 2.45) is 11.1 Å². The van der Waals surface area contributed by atoms with Gasteiger partial charge >= 0.3 is 6.18 Å². The minimum absolute atomic E-state index is 0.000377. The molecule has 0 bridgehead atoms. The lowest BCUT2D eigenvalue weighted by molar-refractivity contribution is -0.137. The maximum atomic E-state index is 13.6. The highest BCUT2D eigenvalue weighted by molar-refractivity contribution is 7.89. The third-order valence-corrected chi connectivity index (χ3v) is 7.05. The number of sulfonamides is 1. The van der Waals surface area contributed by atoms with E-state index in [0.717, 1.165) is 34.0 Å². The first kappa shape index (κ1) is 26.8. The number of nitrogens with two attached hydrogens (primary N) is 1. The number of primary sulfonamides is 1. The van der Waals surface area contributed by atoms with Crippen LogP contribution in [0.2, 0.25) is 0 Å². The molecule has 0 saturated carbocycles. The summed E-state index contributed by atoms with van der Waals surface area (Å²) in [4.78, 5) is 27.5. The first-order chi connectivity index (χ1) is 17.8. The van der Waals surface area contributed by atoms with Crippen molar-refractivity contribution in [2.45, 2.75) is 31.3 Å². The molecule has 0 radical (unpaired) electrons. The summed E-state index contributed by atoms with van der Waals surface area (Å²) in [5.74, 6) is -2.78. The van der Waals surface area contributed by atoms with Gasteiger partial charge in [-0.25, -0.2) is 18.2 Å². The van der Waals surface area contributed by atoms with Crippen LogP contribution in [0.5, 0.6) is 0 Å². The van der Waals surface area contributed by atoms with Crippen LogP contribution in [0.3, 0.4) is 0 Å². The number of amides is 1. The number of carbonyl (C=O) groups is 2. The lowest BCUT2D eigenvalue weighted by Gasteiger charge is -2.34. The summed E-state index contributed by atoms with van der Waals surface area (Å²) >= 11 is 0. The predicted molar refractivity (Wildman–Crippen MR) is 130 cm³/mol. The number of nitriles is 1. The van der Waals surface area contributed by atoms with E-state index in [-0.39, 0.29) is 34.8 Å². The molecule has 1 aromatic heterocycles. The van der Waals surface area contributed by atoms with Crippen LogP contribution in [0.15, 0.2) is 65.3 Å². The minimum atomic E-state index is -4.69. The average Bonchev–Trinajstić information content (AvgIpc) is 3.29. The number of halogens is 3. The summed E-state index contributed by atoms with van der Waals surface area (Å²) in [6.45, 7) is 2.89. The number of hydrogen-bond acceptors (Lipinski definition) is 6. The van der Waals surface area contributed by atoms with Crippen molar-refractivity contribution in [3.05, 3.63) is 77.2 Å². The highest BCUT2D eigenvalue weighted by Crippen LogP contribution is 2.40. The maximum absolute atomic E-state index is 13.6. The van der Waals surface area contributed by atoms with Crippen molar-refractivity contribution in [3.8, 4) is 11.8 Å². The molecule has 1 aliphatic heterocycles. The van der Waals surface area contributed by atoms with Gasteiger partial charge in [-0.05, 0) is 55.8 Å². The van der Waals surface area contributed by atoms with Crippen molar-refractivity contribution in [3.63, 3.8) is 0 Å². The van der Waals surface area contributed by atoms with E-state index in [1.807, 2.05) is 6.07 Å². The second-order valence-corrected chi connectivity index (χ2v) is 10.0. The van der Waals surface area contributed by atoms with Crippen molar-refractivity contribution in [2.75, 3.05) is 4.90 Å². The van der Waals surface area contributed by atoms with Gasteiger partial charge < -0.3 is 0 Å². The monoisotopic (exact) mass is 543 g/mol. The fourth-order valence-corrected chi connectivity index (χ4v) is 4.98. The summed E-state index contributed by atoms with van der Waals surface area (Å²) in [5, 5.41) is 18.6. The Morgan fingerprint density at radius 1 is 1.11 bits per heavy atom. The Hall–Kier alpha value is -4.28. The Morgan fingerprint density at radius 3 is 2.32 bits per heavy atom. The number of aromatic nitrogens is 2. The fraction of sp³-hybridized carbons (Fsp3) is 0.200. The molecule has 2 N–H and O–H groups in total. The van der Waals surface area contributed by atoms with Crippen LogP contribution >= 0.6 is 0 Å². The van der Waals surface area contributed by atoms with Gasteiger partial charge in [0, 0.05) is 11.4 Å². The predicted octanol–water partition coefficient (Wildman–Crippen LogP) is 3.78. The molecule has 196 valence electrons. The van der Waals surface area contributed by atoms with Crippen LogP contribution in [0.25, 0.3) is 11.3 Å². The molecule has 1 atom stereocenters. The molecule has 0 spiro atoms. The van der Waals surface area contributed by atoms with E-state index in [1.165, 1.54) is 37.3 Å². The zero-order valence-corrected chi connectivity index (χ0v) is 20.8. The molecule has 1 amide bonds. The number of hydrogen-bond donors (Lipinski definition) is 1. The minimum Gasteiger partial charge on any atom is -0.293 e. The van der Waals surface area contributed by atoms with E-state index in [0.29, 0.717) is 5.56 Å². The maximum Gasteiger partial charge on any atom is 0.416 e. The van der Waals surface area contributed by atoms with Crippen molar-refractivity contribution < 1.29 is 31.2 Å². The first-order valence-electron chi connectivity index (χ1n) is 11.2. The number of carbonyl (C=O) groups excluding carboxylic acids is 2. The molecule has 38 heavy (non-hydrogen) atoms. The molecule has 1 unspecified atom stereocenters. The van der Waals surface area contributed by atoms with Gasteiger partial charge in [0.2, 0.25) is 15.9 Å². The van der Waals surface area contributed by atoms with Crippen LogP contribution in [0.4, 0.5) is 18.9 Å². The highest BCUT2D eigenvalue weighted by atomic mass is 32.2. The van der Waals surface area contributed by atoms with Gasteiger partial charge in [-0.1, -0.05) is 13.0 Å². The molecule has 0 fully saturated rings. The number of anilines is 1. The second kappa shape index (κ2) is 9.55. The Kier molecular flexibility index (Phi) is 6.73.